The first kappa shape index (κ1) is 13.9. The molecule has 0 fully saturated rings. The quantitative estimate of drug-likeness (QED) is 0.839. The summed E-state index contributed by atoms with van der Waals surface area (Å²) in [5.74, 6) is 0.543. The molecule has 0 spiro atoms. The minimum atomic E-state index is -0.0944. The van der Waals surface area contributed by atoms with E-state index in [1.165, 1.54) is 0 Å². The molecule has 0 atom stereocenters. The van der Waals surface area contributed by atoms with Crippen molar-refractivity contribution in [1.29, 1.82) is 0 Å². The Hall–Kier alpha value is -2.49. The van der Waals surface area contributed by atoms with E-state index in [-0.39, 0.29) is 5.91 Å². The smallest absolute Gasteiger partial charge is 0.251 e. The number of hydrogen-bond acceptors (Lipinski definition) is 3. The molecule has 4 nitrogen and oxygen atoms in total. The van der Waals surface area contributed by atoms with Crippen molar-refractivity contribution in [3.05, 3.63) is 59.2 Å². The van der Waals surface area contributed by atoms with Crippen LogP contribution in [0.3, 0.4) is 0 Å². The molecule has 4 heteroatoms. The summed E-state index contributed by atoms with van der Waals surface area (Å²) >= 11 is 0. The Labute approximate surface area is 118 Å². The van der Waals surface area contributed by atoms with Gasteiger partial charge in [0.1, 0.15) is 5.75 Å². The van der Waals surface area contributed by atoms with E-state index in [0.29, 0.717) is 23.5 Å². The summed E-state index contributed by atoms with van der Waals surface area (Å²) in [5, 5.41) is 2.87. The number of methoxy groups -OCH3 is 1. The molecule has 0 bridgehead atoms. The number of carbonyl (C=O) groups is 1. The van der Waals surface area contributed by atoms with Crippen molar-refractivity contribution in [3.8, 4) is 5.75 Å². The fraction of sp³-hybridized carbons (Fsp3) is 0.188. The SMILES string of the molecule is COc1ccc(CNC(=O)c2cccc(C)c2)cc1N. The Morgan fingerprint density at radius 3 is 2.70 bits per heavy atom. The third kappa shape index (κ3) is 3.29. The van der Waals surface area contributed by atoms with Gasteiger partial charge in [0.2, 0.25) is 0 Å². The van der Waals surface area contributed by atoms with Gasteiger partial charge >= 0.3 is 0 Å². The second-order valence-corrected chi connectivity index (χ2v) is 4.63. The molecule has 0 aliphatic carbocycles. The molecule has 0 saturated carbocycles. The van der Waals surface area contributed by atoms with Crippen LogP contribution in [-0.4, -0.2) is 13.0 Å². The molecule has 0 aliphatic rings. The Morgan fingerprint density at radius 2 is 2.05 bits per heavy atom. The summed E-state index contributed by atoms with van der Waals surface area (Å²) in [4.78, 5) is 12.0. The van der Waals surface area contributed by atoms with E-state index in [9.17, 15) is 4.79 Å². The van der Waals surface area contributed by atoms with Gasteiger partial charge in [-0.2, -0.15) is 0 Å². The number of nitrogens with two attached hydrogens (primary N) is 1. The highest BCUT2D eigenvalue weighted by Gasteiger charge is 2.06. The van der Waals surface area contributed by atoms with Gasteiger partial charge < -0.3 is 15.8 Å². The zero-order chi connectivity index (χ0) is 14.5. The molecule has 0 aromatic heterocycles. The molecule has 0 unspecified atom stereocenters. The van der Waals surface area contributed by atoms with Crippen molar-refractivity contribution >= 4 is 11.6 Å². The Morgan fingerprint density at radius 1 is 1.25 bits per heavy atom. The topological polar surface area (TPSA) is 64.3 Å². The Bertz CT molecular complexity index is 624. The number of amides is 1. The van der Waals surface area contributed by atoms with E-state index in [1.54, 1.807) is 25.3 Å². The summed E-state index contributed by atoms with van der Waals surface area (Å²) in [5.41, 5.74) is 9.05. The van der Waals surface area contributed by atoms with Gasteiger partial charge in [-0.15, -0.1) is 0 Å². The fourth-order valence-electron chi connectivity index (χ4n) is 1.96. The third-order valence-corrected chi connectivity index (χ3v) is 3.03. The lowest BCUT2D eigenvalue weighted by atomic mass is 10.1. The molecule has 1 amide bonds. The van der Waals surface area contributed by atoms with Crippen LogP contribution in [0.4, 0.5) is 5.69 Å². The average molecular weight is 270 g/mol. The fourth-order valence-corrected chi connectivity index (χ4v) is 1.96. The van der Waals surface area contributed by atoms with Gasteiger partial charge in [-0.3, -0.25) is 4.79 Å². The van der Waals surface area contributed by atoms with E-state index < -0.39 is 0 Å². The van der Waals surface area contributed by atoms with Crippen molar-refractivity contribution in [2.24, 2.45) is 0 Å². The van der Waals surface area contributed by atoms with Crippen LogP contribution < -0.4 is 15.8 Å². The van der Waals surface area contributed by atoms with Crippen LogP contribution in [-0.2, 0) is 6.54 Å². The molecule has 0 saturated heterocycles. The lowest BCUT2D eigenvalue weighted by molar-refractivity contribution is 0.0951. The number of nitrogens with one attached hydrogen (secondary N) is 1. The second kappa shape index (κ2) is 6.10. The molecule has 0 heterocycles. The highest BCUT2D eigenvalue weighted by Crippen LogP contribution is 2.21. The zero-order valence-electron chi connectivity index (χ0n) is 11.6. The summed E-state index contributed by atoms with van der Waals surface area (Å²) < 4.78 is 5.10. The molecule has 2 aromatic rings. The highest BCUT2D eigenvalue weighted by atomic mass is 16.5. The maximum absolute atomic E-state index is 12.0. The number of anilines is 1. The summed E-state index contributed by atoms with van der Waals surface area (Å²) in [6, 6.07) is 13.0. The van der Waals surface area contributed by atoms with Crippen LogP contribution in [0.25, 0.3) is 0 Å². The first-order chi connectivity index (χ1) is 9.60. The summed E-state index contributed by atoms with van der Waals surface area (Å²) in [6.45, 7) is 2.39. The standard InChI is InChI=1S/C16H18N2O2/c1-11-4-3-5-13(8-11)16(19)18-10-12-6-7-15(20-2)14(17)9-12/h3-9H,10,17H2,1-2H3,(H,18,19). The van der Waals surface area contributed by atoms with E-state index in [4.69, 9.17) is 10.5 Å². The minimum absolute atomic E-state index is 0.0944. The van der Waals surface area contributed by atoms with Crippen LogP contribution in [0.5, 0.6) is 5.75 Å². The van der Waals surface area contributed by atoms with Crippen molar-refractivity contribution in [2.45, 2.75) is 13.5 Å². The maximum atomic E-state index is 12.0. The molecular formula is C16H18N2O2. The molecule has 20 heavy (non-hydrogen) atoms. The number of ether oxygens (including phenoxy) is 1. The molecule has 2 aromatic carbocycles. The van der Waals surface area contributed by atoms with E-state index >= 15 is 0 Å². The van der Waals surface area contributed by atoms with Crippen molar-refractivity contribution < 1.29 is 9.53 Å². The maximum Gasteiger partial charge on any atom is 0.251 e. The van der Waals surface area contributed by atoms with Gasteiger partial charge in [-0.25, -0.2) is 0 Å². The van der Waals surface area contributed by atoms with Gasteiger partial charge in [-0.05, 0) is 36.8 Å². The number of benzene rings is 2. The number of rotatable bonds is 4. The zero-order valence-corrected chi connectivity index (χ0v) is 11.6. The summed E-state index contributed by atoms with van der Waals surface area (Å²) in [6.07, 6.45) is 0. The van der Waals surface area contributed by atoms with Crippen LogP contribution >= 0.6 is 0 Å². The number of nitrogen functional groups attached to an aromatic ring is 1. The normalized spacial score (nSPS) is 10.1. The summed E-state index contributed by atoms with van der Waals surface area (Å²) in [7, 11) is 1.57. The Kier molecular flexibility index (Phi) is 4.25. The first-order valence-electron chi connectivity index (χ1n) is 6.37. The predicted molar refractivity (Wildman–Crippen MR) is 79.8 cm³/mol. The van der Waals surface area contributed by atoms with Crippen LogP contribution in [0, 0.1) is 6.92 Å². The monoisotopic (exact) mass is 270 g/mol. The average Bonchev–Trinajstić information content (AvgIpc) is 2.45. The molecule has 0 radical (unpaired) electrons. The van der Waals surface area contributed by atoms with Crippen molar-refractivity contribution in [3.63, 3.8) is 0 Å². The predicted octanol–water partition coefficient (Wildman–Crippen LogP) is 2.52. The molecule has 0 aliphatic heterocycles. The number of aryl methyl sites for hydroxylation is 1. The van der Waals surface area contributed by atoms with Crippen LogP contribution in [0.2, 0.25) is 0 Å². The van der Waals surface area contributed by atoms with E-state index in [1.807, 2.05) is 31.2 Å². The lowest BCUT2D eigenvalue weighted by Gasteiger charge is -2.09. The second-order valence-electron chi connectivity index (χ2n) is 4.63. The van der Waals surface area contributed by atoms with Gasteiger partial charge in [0.25, 0.3) is 5.91 Å². The Balaban J connectivity index is 2.02. The lowest BCUT2D eigenvalue weighted by Crippen LogP contribution is -2.22. The number of carbonyl (C=O) groups excluding carboxylic acids is 1. The number of hydrogen-bond donors (Lipinski definition) is 2. The molecular weight excluding hydrogens is 252 g/mol. The molecule has 2 rings (SSSR count). The van der Waals surface area contributed by atoms with Gasteiger partial charge in [0.15, 0.2) is 0 Å². The van der Waals surface area contributed by atoms with Gasteiger partial charge in [-0.1, -0.05) is 23.8 Å². The van der Waals surface area contributed by atoms with Crippen molar-refractivity contribution in [2.75, 3.05) is 12.8 Å². The van der Waals surface area contributed by atoms with E-state index in [0.717, 1.165) is 11.1 Å². The first-order valence-corrected chi connectivity index (χ1v) is 6.37. The molecule has 104 valence electrons. The van der Waals surface area contributed by atoms with Gasteiger partial charge in [0, 0.05) is 12.1 Å². The van der Waals surface area contributed by atoms with Gasteiger partial charge in [0.05, 0.1) is 12.8 Å². The third-order valence-electron chi connectivity index (χ3n) is 3.03. The van der Waals surface area contributed by atoms with Crippen LogP contribution in [0.1, 0.15) is 21.5 Å². The van der Waals surface area contributed by atoms with Crippen molar-refractivity contribution in [1.82, 2.24) is 5.32 Å². The van der Waals surface area contributed by atoms with E-state index in [2.05, 4.69) is 5.32 Å². The minimum Gasteiger partial charge on any atom is -0.495 e. The highest BCUT2D eigenvalue weighted by molar-refractivity contribution is 5.94. The largest absolute Gasteiger partial charge is 0.495 e. The van der Waals surface area contributed by atoms with Crippen LogP contribution in [0.15, 0.2) is 42.5 Å². The molecule has 3 N–H and O–H groups in total.